The number of likely N-dealkylation sites (tertiary alicyclic amines) is 1. The Morgan fingerprint density at radius 3 is 2.67 bits per heavy atom. The first-order valence-electron chi connectivity index (χ1n) is 4.72. The van der Waals surface area contributed by atoms with Crippen LogP contribution in [-0.4, -0.2) is 42.3 Å². The number of rotatable bonds is 3. The van der Waals surface area contributed by atoms with Crippen LogP contribution in [0.15, 0.2) is 0 Å². The van der Waals surface area contributed by atoms with Crippen molar-refractivity contribution < 1.29 is 5.11 Å². The van der Waals surface area contributed by atoms with Gasteiger partial charge in [0.2, 0.25) is 0 Å². The monoisotopic (exact) mass is 172 g/mol. The highest BCUT2D eigenvalue weighted by atomic mass is 16.3. The first-order chi connectivity index (χ1) is 5.63. The van der Waals surface area contributed by atoms with Crippen molar-refractivity contribution in [2.45, 2.75) is 19.9 Å². The van der Waals surface area contributed by atoms with Crippen molar-refractivity contribution in [1.82, 2.24) is 4.90 Å². The third-order valence-corrected chi connectivity index (χ3v) is 2.63. The van der Waals surface area contributed by atoms with E-state index in [4.69, 9.17) is 10.8 Å². The van der Waals surface area contributed by atoms with Crippen molar-refractivity contribution in [2.24, 2.45) is 17.6 Å². The number of nitrogens with zero attached hydrogens (tertiary/aromatic N) is 1. The molecule has 0 saturated carbocycles. The molecule has 0 radical (unpaired) electrons. The Kier molecular flexibility index (Phi) is 3.50. The summed E-state index contributed by atoms with van der Waals surface area (Å²) >= 11 is 0. The van der Waals surface area contributed by atoms with E-state index in [1.165, 1.54) is 0 Å². The van der Waals surface area contributed by atoms with Gasteiger partial charge in [-0.3, -0.25) is 0 Å². The second-order valence-corrected chi connectivity index (χ2v) is 4.15. The van der Waals surface area contributed by atoms with Gasteiger partial charge in [0, 0.05) is 32.3 Å². The second kappa shape index (κ2) is 4.21. The molecule has 0 aromatic carbocycles. The molecule has 1 aliphatic rings. The molecule has 3 N–H and O–H groups in total. The summed E-state index contributed by atoms with van der Waals surface area (Å²) in [5.74, 6) is 0.985. The summed E-state index contributed by atoms with van der Waals surface area (Å²) in [6, 6.07) is 0.330. The molecule has 1 saturated heterocycles. The van der Waals surface area contributed by atoms with E-state index < -0.39 is 0 Å². The van der Waals surface area contributed by atoms with Gasteiger partial charge in [-0.05, 0) is 11.8 Å². The van der Waals surface area contributed by atoms with Crippen molar-refractivity contribution in [2.75, 3.05) is 26.2 Å². The van der Waals surface area contributed by atoms with Gasteiger partial charge >= 0.3 is 0 Å². The minimum Gasteiger partial charge on any atom is -0.396 e. The SMILES string of the molecule is CC(CO)CN1CC(C)C(N)C1. The summed E-state index contributed by atoms with van der Waals surface area (Å²) < 4.78 is 0. The average Bonchev–Trinajstić information content (AvgIpc) is 2.31. The molecule has 0 aromatic rings. The van der Waals surface area contributed by atoms with Crippen LogP contribution in [0.1, 0.15) is 13.8 Å². The number of aliphatic hydroxyl groups excluding tert-OH is 1. The molecule has 3 atom stereocenters. The zero-order valence-electron chi connectivity index (χ0n) is 8.03. The smallest absolute Gasteiger partial charge is 0.0468 e. The molecule has 72 valence electrons. The molecule has 0 aromatic heterocycles. The van der Waals surface area contributed by atoms with E-state index in [9.17, 15) is 0 Å². The topological polar surface area (TPSA) is 49.5 Å². The standard InChI is InChI=1S/C9H20N2O/c1-7(6-12)3-11-4-8(2)9(10)5-11/h7-9,12H,3-6,10H2,1-2H3. The Morgan fingerprint density at radius 1 is 1.58 bits per heavy atom. The number of nitrogens with two attached hydrogens (primary N) is 1. The fourth-order valence-corrected chi connectivity index (χ4v) is 1.74. The lowest BCUT2D eigenvalue weighted by atomic mass is 10.1. The fraction of sp³-hybridized carbons (Fsp3) is 1.00. The zero-order valence-corrected chi connectivity index (χ0v) is 8.03. The third-order valence-electron chi connectivity index (χ3n) is 2.63. The molecular weight excluding hydrogens is 152 g/mol. The normalized spacial score (nSPS) is 34.0. The van der Waals surface area contributed by atoms with Crippen LogP contribution >= 0.6 is 0 Å². The lowest BCUT2D eigenvalue weighted by Crippen LogP contribution is -2.31. The molecule has 12 heavy (non-hydrogen) atoms. The molecule has 1 fully saturated rings. The van der Waals surface area contributed by atoms with Crippen LogP contribution in [0.5, 0.6) is 0 Å². The predicted molar refractivity (Wildman–Crippen MR) is 49.8 cm³/mol. The van der Waals surface area contributed by atoms with Crippen LogP contribution in [-0.2, 0) is 0 Å². The summed E-state index contributed by atoms with van der Waals surface area (Å²) in [4.78, 5) is 2.34. The Bertz CT molecular complexity index is 130. The van der Waals surface area contributed by atoms with Crippen molar-refractivity contribution in [1.29, 1.82) is 0 Å². The molecule has 0 amide bonds. The van der Waals surface area contributed by atoms with E-state index in [0.717, 1.165) is 19.6 Å². The van der Waals surface area contributed by atoms with E-state index in [2.05, 4.69) is 18.7 Å². The number of aliphatic hydroxyl groups is 1. The van der Waals surface area contributed by atoms with Gasteiger partial charge in [0.05, 0.1) is 0 Å². The van der Waals surface area contributed by atoms with Gasteiger partial charge in [-0.1, -0.05) is 13.8 Å². The molecule has 3 unspecified atom stereocenters. The van der Waals surface area contributed by atoms with Gasteiger partial charge in [0.15, 0.2) is 0 Å². The van der Waals surface area contributed by atoms with Crippen LogP contribution in [0, 0.1) is 11.8 Å². The average molecular weight is 172 g/mol. The predicted octanol–water partition coefficient (Wildman–Crippen LogP) is -0.106. The lowest BCUT2D eigenvalue weighted by molar-refractivity contribution is 0.188. The quantitative estimate of drug-likeness (QED) is 0.624. The van der Waals surface area contributed by atoms with E-state index in [-0.39, 0.29) is 6.61 Å². The molecular formula is C9H20N2O. The van der Waals surface area contributed by atoms with Crippen LogP contribution in [0.3, 0.4) is 0 Å². The Balaban J connectivity index is 2.27. The minimum atomic E-state index is 0.278. The van der Waals surface area contributed by atoms with E-state index in [1.54, 1.807) is 0 Å². The highest BCUT2D eigenvalue weighted by molar-refractivity contribution is 4.84. The first kappa shape index (κ1) is 9.96. The minimum absolute atomic E-state index is 0.278. The molecule has 1 heterocycles. The highest BCUT2D eigenvalue weighted by Crippen LogP contribution is 2.15. The maximum atomic E-state index is 8.87. The summed E-state index contributed by atoms with van der Waals surface area (Å²) in [7, 11) is 0. The van der Waals surface area contributed by atoms with Gasteiger partial charge in [0.1, 0.15) is 0 Å². The van der Waals surface area contributed by atoms with Gasteiger partial charge in [-0.15, -0.1) is 0 Å². The maximum absolute atomic E-state index is 8.87. The summed E-state index contributed by atoms with van der Waals surface area (Å²) in [6.07, 6.45) is 0. The molecule has 1 rings (SSSR count). The molecule has 0 aliphatic carbocycles. The van der Waals surface area contributed by atoms with E-state index in [1.807, 2.05) is 0 Å². The Labute approximate surface area is 74.5 Å². The largest absolute Gasteiger partial charge is 0.396 e. The highest BCUT2D eigenvalue weighted by Gasteiger charge is 2.26. The number of hydrogen-bond acceptors (Lipinski definition) is 3. The lowest BCUT2D eigenvalue weighted by Gasteiger charge is -2.18. The zero-order chi connectivity index (χ0) is 9.14. The van der Waals surface area contributed by atoms with E-state index >= 15 is 0 Å². The fourth-order valence-electron chi connectivity index (χ4n) is 1.74. The molecule has 3 heteroatoms. The number of hydrogen-bond donors (Lipinski definition) is 2. The molecule has 1 aliphatic heterocycles. The van der Waals surface area contributed by atoms with Crippen molar-refractivity contribution in [3.8, 4) is 0 Å². The third kappa shape index (κ3) is 2.44. The van der Waals surface area contributed by atoms with Crippen molar-refractivity contribution in [3.05, 3.63) is 0 Å². The van der Waals surface area contributed by atoms with Crippen LogP contribution in [0.2, 0.25) is 0 Å². The van der Waals surface area contributed by atoms with Crippen LogP contribution in [0.4, 0.5) is 0 Å². The van der Waals surface area contributed by atoms with Crippen molar-refractivity contribution in [3.63, 3.8) is 0 Å². The molecule has 0 bridgehead atoms. The summed E-state index contributed by atoms with van der Waals surface area (Å²) in [5, 5.41) is 8.87. The Hall–Kier alpha value is -0.120. The van der Waals surface area contributed by atoms with Gasteiger partial charge in [0.25, 0.3) is 0 Å². The van der Waals surface area contributed by atoms with Gasteiger partial charge in [-0.2, -0.15) is 0 Å². The Morgan fingerprint density at radius 2 is 2.25 bits per heavy atom. The van der Waals surface area contributed by atoms with Gasteiger partial charge in [-0.25, -0.2) is 0 Å². The molecule has 3 nitrogen and oxygen atoms in total. The summed E-state index contributed by atoms with van der Waals surface area (Å²) in [5.41, 5.74) is 5.88. The second-order valence-electron chi connectivity index (χ2n) is 4.15. The first-order valence-corrected chi connectivity index (χ1v) is 4.72. The van der Waals surface area contributed by atoms with Crippen molar-refractivity contribution >= 4 is 0 Å². The van der Waals surface area contributed by atoms with Crippen LogP contribution < -0.4 is 5.73 Å². The van der Waals surface area contributed by atoms with Crippen LogP contribution in [0.25, 0.3) is 0 Å². The molecule has 0 spiro atoms. The summed E-state index contributed by atoms with van der Waals surface area (Å²) in [6.45, 7) is 7.59. The van der Waals surface area contributed by atoms with Gasteiger partial charge < -0.3 is 15.7 Å². The maximum Gasteiger partial charge on any atom is 0.0468 e. The van der Waals surface area contributed by atoms with E-state index in [0.29, 0.717) is 17.9 Å².